The molecule has 0 heterocycles. The van der Waals surface area contributed by atoms with Crippen LogP contribution in [-0.2, 0) is 11.3 Å². The SMILES string of the molecule is C=CCCCCCCCCCOc1ccc(-c2ccc(OC(=O)c3ccc(COC(CCCCCC)C(F)(F)F)cc3)cc2)cc1. The van der Waals surface area contributed by atoms with Crippen LogP contribution in [0.1, 0.15) is 106 Å². The van der Waals surface area contributed by atoms with Crippen molar-refractivity contribution < 1.29 is 32.2 Å². The van der Waals surface area contributed by atoms with E-state index in [-0.39, 0.29) is 13.0 Å². The topological polar surface area (TPSA) is 44.8 Å². The highest BCUT2D eigenvalue weighted by atomic mass is 19.4. The van der Waals surface area contributed by atoms with Crippen LogP contribution < -0.4 is 9.47 Å². The largest absolute Gasteiger partial charge is 0.494 e. The Morgan fingerprint density at radius 3 is 1.89 bits per heavy atom. The number of hydrogen-bond donors (Lipinski definition) is 0. The molecule has 3 rings (SSSR count). The lowest BCUT2D eigenvalue weighted by Gasteiger charge is -2.21. The molecule has 3 aromatic carbocycles. The Hall–Kier alpha value is -3.58. The number of alkyl halides is 3. The summed E-state index contributed by atoms with van der Waals surface area (Å²) in [7, 11) is 0. The van der Waals surface area contributed by atoms with E-state index in [1.165, 1.54) is 50.7 Å². The lowest BCUT2D eigenvalue weighted by molar-refractivity contribution is -0.225. The van der Waals surface area contributed by atoms with Gasteiger partial charge in [0.05, 0.1) is 18.8 Å². The molecule has 4 nitrogen and oxygen atoms in total. The minimum absolute atomic E-state index is 0.0514. The molecule has 250 valence electrons. The molecule has 0 aromatic heterocycles. The molecule has 0 radical (unpaired) electrons. The second-order valence-electron chi connectivity index (χ2n) is 11.7. The summed E-state index contributed by atoms with van der Waals surface area (Å²) in [5.41, 5.74) is 2.86. The van der Waals surface area contributed by atoms with E-state index in [1.54, 1.807) is 24.3 Å². The van der Waals surface area contributed by atoms with Crippen molar-refractivity contribution in [2.75, 3.05) is 6.61 Å². The molecule has 0 N–H and O–H groups in total. The smallest absolute Gasteiger partial charge is 0.414 e. The van der Waals surface area contributed by atoms with Crippen LogP contribution in [0, 0.1) is 0 Å². The van der Waals surface area contributed by atoms with E-state index in [0.717, 1.165) is 49.0 Å². The van der Waals surface area contributed by atoms with E-state index < -0.39 is 18.2 Å². The zero-order chi connectivity index (χ0) is 33.0. The van der Waals surface area contributed by atoms with Crippen LogP contribution in [0.15, 0.2) is 85.5 Å². The highest BCUT2D eigenvalue weighted by molar-refractivity contribution is 5.91. The Kier molecular flexibility index (Phi) is 16.5. The number of unbranched alkanes of at least 4 members (excludes halogenated alkanes) is 10. The van der Waals surface area contributed by atoms with Crippen molar-refractivity contribution in [1.29, 1.82) is 0 Å². The number of benzene rings is 3. The monoisotopic (exact) mass is 638 g/mol. The van der Waals surface area contributed by atoms with Gasteiger partial charge < -0.3 is 14.2 Å². The molecule has 0 spiro atoms. The van der Waals surface area contributed by atoms with E-state index in [0.29, 0.717) is 29.9 Å². The fourth-order valence-electron chi connectivity index (χ4n) is 5.12. The molecule has 46 heavy (non-hydrogen) atoms. The first kappa shape index (κ1) is 36.9. The van der Waals surface area contributed by atoms with Gasteiger partial charge >= 0.3 is 12.1 Å². The Morgan fingerprint density at radius 2 is 1.30 bits per heavy atom. The predicted octanol–water partition coefficient (Wildman–Crippen LogP) is 11.7. The van der Waals surface area contributed by atoms with Crippen LogP contribution in [0.2, 0.25) is 0 Å². The van der Waals surface area contributed by atoms with Crippen LogP contribution in [0.25, 0.3) is 11.1 Å². The lowest BCUT2D eigenvalue weighted by atomic mass is 10.1. The molecule has 0 aliphatic carbocycles. The summed E-state index contributed by atoms with van der Waals surface area (Å²) in [5.74, 6) is 0.696. The van der Waals surface area contributed by atoms with Gasteiger partial charge in [0.2, 0.25) is 0 Å². The summed E-state index contributed by atoms with van der Waals surface area (Å²) in [6.07, 6.45) is 8.54. The normalized spacial score (nSPS) is 12.1. The van der Waals surface area contributed by atoms with Crippen molar-refractivity contribution in [2.45, 2.75) is 109 Å². The summed E-state index contributed by atoms with van der Waals surface area (Å²) < 4.78 is 56.7. The zero-order valence-corrected chi connectivity index (χ0v) is 27.2. The van der Waals surface area contributed by atoms with Gasteiger partial charge in [-0.1, -0.05) is 107 Å². The molecule has 0 fully saturated rings. The fourth-order valence-corrected chi connectivity index (χ4v) is 5.12. The first-order valence-corrected chi connectivity index (χ1v) is 16.7. The van der Waals surface area contributed by atoms with Crippen LogP contribution in [0.5, 0.6) is 11.5 Å². The van der Waals surface area contributed by atoms with Gasteiger partial charge in [-0.05, 0) is 78.8 Å². The average molecular weight is 639 g/mol. The second-order valence-corrected chi connectivity index (χ2v) is 11.7. The quantitative estimate of drug-likeness (QED) is 0.0475. The van der Waals surface area contributed by atoms with E-state index in [1.807, 2.05) is 49.4 Å². The summed E-state index contributed by atoms with van der Waals surface area (Å²) in [6.45, 7) is 6.31. The average Bonchev–Trinajstić information content (AvgIpc) is 3.05. The number of carbonyl (C=O) groups excluding carboxylic acids is 1. The number of carbonyl (C=O) groups is 1. The van der Waals surface area contributed by atoms with Crippen molar-refractivity contribution in [3.8, 4) is 22.6 Å². The standard InChI is InChI=1S/C39H49F3O4/c1-3-5-7-9-10-11-12-13-15-29-44-35-25-21-32(22-26-35)33-23-27-36(28-24-33)46-38(43)34-19-17-31(18-20-34)30-45-37(39(40,41)42)16-14-8-6-4-2/h3,17-28,37H,1,4-16,29-30H2,2H3. The van der Waals surface area contributed by atoms with Crippen molar-refractivity contribution in [3.63, 3.8) is 0 Å². The molecule has 0 saturated carbocycles. The summed E-state index contributed by atoms with van der Waals surface area (Å²) >= 11 is 0. The number of esters is 1. The Bertz CT molecular complexity index is 1270. The molecule has 0 amide bonds. The van der Waals surface area contributed by atoms with E-state index in [4.69, 9.17) is 14.2 Å². The highest BCUT2D eigenvalue weighted by Gasteiger charge is 2.40. The maximum Gasteiger partial charge on any atom is 0.414 e. The second kappa shape index (κ2) is 20.5. The van der Waals surface area contributed by atoms with Crippen LogP contribution in [0.4, 0.5) is 13.2 Å². The van der Waals surface area contributed by atoms with Gasteiger partial charge in [-0.15, -0.1) is 6.58 Å². The van der Waals surface area contributed by atoms with Gasteiger partial charge in [-0.3, -0.25) is 0 Å². The molecule has 0 saturated heterocycles. The van der Waals surface area contributed by atoms with Gasteiger partial charge in [0, 0.05) is 0 Å². The molecular weight excluding hydrogens is 589 g/mol. The lowest BCUT2D eigenvalue weighted by Crippen LogP contribution is -2.31. The van der Waals surface area contributed by atoms with Crippen LogP contribution >= 0.6 is 0 Å². The van der Waals surface area contributed by atoms with Crippen molar-refractivity contribution in [2.24, 2.45) is 0 Å². The van der Waals surface area contributed by atoms with E-state index >= 15 is 0 Å². The first-order chi connectivity index (χ1) is 22.3. The summed E-state index contributed by atoms with van der Waals surface area (Å²) in [5, 5.41) is 0. The predicted molar refractivity (Wildman–Crippen MR) is 179 cm³/mol. The van der Waals surface area contributed by atoms with E-state index in [9.17, 15) is 18.0 Å². The molecule has 3 aromatic rings. The maximum atomic E-state index is 13.4. The van der Waals surface area contributed by atoms with Gasteiger partial charge in [-0.2, -0.15) is 13.2 Å². The third-order valence-corrected chi connectivity index (χ3v) is 7.90. The van der Waals surface area contributed by atoms with Crippen molar-refractivity contribution in [1.82, 2.24) is 0 Å². The van der Waals surface area contributed by atoms with Crippen molar-refractivity contribution >= 4 is 5.97 Å². The third kappa shape index (κ3) is 13.8. The van der Waals surface area contributed by atoms with Crippen molar-refractivity contribution in [3.05, 3.63) is 96.6 Å². The summed E-state index contributed by atoms with van der Waals surface area (Å²) in [4.78, 5) is 12.7. The van der Waals surface area contributed by atoms with Gasteiger partial charge in [-0.25, -0.2) is 4.79 Å². The molecule has 1 atom stereocenters. The Morgan fingerprint density at radius 1 is 0.739 bits per heavy atom. The first-order valence-electron chi connectivity index (χ1n) is 16.7. The molecule has 0 aliphatic rings. The highest BCUT2D eigenvalue weighted by Crippen LogP contribution is 2.29. The number of rotatable bonds is 22. The summed E-state index contributed by atoms with van der Waals surface area (Å²) in [6, 6.07) is 21.4. The molecule has 0 aliphatic heterocycles. The molecule has 7 heteroatoms. The minimum atomic E-state index is -4.41. The Labute approximate surface area is 273 Å². The Balaban J connectivity index is 1.40. The fraction of sp³-hybridized carbons (Fsp3) is 0.462. The number of halogens is 3. The molecule has 0 bridgehead atoms. The number of hydrogen-bond acceptors (Lipinski definition) is 4. The van der Waals surface area contributed by atoms with Gasteiger partial charge in [0.1, 0.15) is 11.5 Å². The molecule has 1 unspecified atom stereocenters. The zero-order valence-electron chi connectivity index (χ0n) is 27.2. The number of ether oxygens (including phenoxy) is 3. The number of allylic oxidation sites excluding steroid dienone is 1. The van der Waals surface area contributed by atoms with E-state index in [2.05, 4.69) is 6.58 Å². The molecular formula is C39H49F3O4. The van der Waals surface area contributed by atoms with Crippen LogP contribution in [0.3, 0.4) is 0 Å². The minimum Gasteiger partial charge on any atom is -0.494 e. The van der Waals surface area contributed by atoms with Gasteiger partial charge in [0.25, 0.3) is 0 Å². The maximum absolute atomic E-state index is 13.4. The third-order valence-electron chi connectivity index (χ3n) is 7.90. The van der Waals surface area contributed by atoms with Gasteiger partial charge in [0.15, 0.2) is 6.10 Å². The van der Waals surface area contributed by atoms with Crippen LogP contribution in [-0.4, -0.2) is 24.9 Å².